The number of carbonyl (C=O) groups is 3. The second kappa shape index (κ2) is 6.83. The predicted molar refractivity (Wildman–Crippen MR) is 90.9 cm³/mol. The first-order valence-electron chi connectivity index (χ1n) is 9.22. The third kappa shape index (κ3) is 3.02. The number of hydrogen-bond donors (Lipinski definition) is 1. The fourth-order valence-electron chi connectivity index (χ4n) is 4.20. The van der Waals surface area contributed by atoms with Crippen molar-refractivity contribution in [2.75, 3.05) is 32.8 Å². The monoisotopic (exact) mass is 360 g/mol. The van der Waals surface area contributed by atoms with E-state index < -0.39 is 5.41 Å². The molecular weight excluding hydrogens is 336 g/mol. The highest BCUT2D eigenvalue weighted by Crippen LogP contribution is 2.42. The summed E-state index contributed by atoms with van der Waals surface area (Å²) in [6.07, 6.45) is 5.12. The number of rotatable bonds is 6. The molecule has 4 rings (SSSR count). The predicted octanol–water partition coefficient (Wildman–Crippen LogP) is -0.156. The van der Waals surface area contributed by atoms with Gasteiger partial charge in [0.1, 0.15) is 5.78 Å². The molecule has 2 amide bonds. The van der Waals surface area contributed by atoms with E-state index in [2.05, 4.69) is 10.4 Å². The van der Waals surface area contributed by atoms with Crippen LogP contribution < -0.4 is 5.32 Å². The first kappa shape index (κ1) is 17.2. The summed E-state index contributed by atoms with van der Waals surface area (Å²) in [7, 11) is 0. The van der Waals surface area contributed by atoms with Crippen LogP contribution in [-0.4, -0.2) is 65.1 Å². The van der Waals surface area contributed by atoms with Crippen LogP contribution in [-0.2, 0) is 25.7 Å². The molecule has 1 aliphatic carbocycles. The Labute approximate surface area is 151 Å². The second-order valence-electron chi connectivity index (χ2n) is 7.61. The summed E-state index contributed by atoms with van der Waals surface area (Å²) in [5.74, 6) is -0.00853. The van der Waals surface area contributed by atoms with Crippen molar-refractivity contribution < 1.29 is 19.1 Å². The fraction of sp³-hybridized carbons (Fsp3) is 0.667. The standard InChI is InChI=1S/C18H24N4O4/c23-15-7-13(8-15)16(24)21-9-14-10-26-12-18(14,11-21)17(25)19-3-1-5-22-6-2-4-20-22/h2,4,6,13-14H,1,3,5,7-12H2,(H,19,25)/t14-,18-/m0/s1. The Hall–Kier alpha value is -2.22. The van der Waals surface area contributed by atoms with Gasteiger partial charge in [-0.3, -0.25) is 19.1 Å². The van der Waals surface area contributed by atoms with E-state index in [4.69, 9.17) is 4.74 Å². The van der Waals surface area contributed by atoms with Gasteiger partial charge in [-0.15, -0.1) is 0 Å². The number of likely N-dealkylation sites (tertiary alicyclic amines) is 1. The van der Waals surface area contributed by atoms with E-state index >= 15 is 0 Å². The molecule has 3 heterocycles. The van der Waals surface area contributed by atoms with Crippen LogP contribution >= 0.6 is 0 Å². The lowest BCUT2D eigenvalue weighted by Gasteiger charge is -2.30. The van der Waals surface area contributed by atoms with Gasteiger partial charge in [-0.05, 0) is 12.5 Å². The zero-order valence-electron chi connectivity index (χ0n) is 14.7. The Morgan fingerprint density at radius 3 is 2.96 bits per heavy atom. The SMILES string of the molecule is O=C1CC(C(=O)N2C[C@H]3COC[C@@]3(C(=O)NCCCn3cccn3)C2)C1. The smallest absolute Gasteiger partial charge is 0.230 e. The third-order valence-electron chi connectivity index (χ3n) is 5.84. The lowest BCUT2D eigenvalue weighted by molar-refractivity contribution is -0.145. The van der Waals surface area contributed by atoms with E-state index in [1.807, 2.05) is 16.9 Å². The second-order valence-corrected chi connectivity index (χ2v) is 7.61. The van der Waals surface area contributed by atoms with Crippen molar-refractivity contribution in [2.45, 2.75) is 25.8 Å². The third-order valence-corrected chi connectivity index (χ3v) is 5.84. The van der Waals surface area contributed by atoms with Crippen molar-refractivity contribution >= 4 is 17.6 Å². The molecular formula is C18H24N4O4. The Balaban J connectivity index is 1.32. The number of aromatic nitrogens is 2. The Morgan fingerprint density at radius 1 is 1.38 bits per heavy atom. The summed E-state index contributed by atoms with van der Waals surface area (Å²) in [4.78, 5) is 38.4. The zero-order chi connectivity index (χ0) is 18.1. The van der Waals surface area contributed by atoms with Crippen LogP contribution in [0.5, 0.6) is 0 Å². The Morgan fingerprint density at radius 2 is 2.23 bits per heavy atom. The molecule has 0 bridgehead atoms. The van der Waals surface area contributed by atoms with Gasteiger partial charge < -0.3 is 15.0 Å². The Kier molecular flexibility index (Phi) is 4.52. The number of Topliss-reactive ketones (excluding diaryl/α,β-unsaturated/α-hetero) is 1. The average Bonchev–Trinajstić information content (AvgIpc) is 3.30. The van der Waals surface area contributed by atoms with Crippen LogP contribution in [0.4, 0.5) is 0 Å². The van der Waals surface area contributed by atoms with Crippen LogP contribution in [0.15, 0.2) is 18.5 Å². The van der Waals surface area contributed by atoms with Crippen molar-refractivity contribution in [3.05, 3.63) is 18.5 Å². The molecule has 2 aliphatic heterocycles. The summed E-state index contributed by atoms with van der Waals surface area (Å²) >= 11 is 0. The van der Waals surface area contributed by atoms with E-state index in [0.717, 1.165) is 13.0 Å². The molecule has 0 radical (unpaired) electrons. The highest BCUT2D eigenvalue weighted by Gasteiger charge is 2.57. The summed E-state index contributed by atoms with van der Waals surface area (Å²) in [5, 5.41) is 7.16. The highest BCUT2D eigenvalue weighted by atomic mass is 16.5. The number of aryl methyl sites for hydroxylation is 1. The summed E-state index contributed by atoms with van der Waals surface area (Å²) in [6.45, 7) is 3.12. The van der Waals surface area contributed by atoms with Crippen LogP contribution in [0.1, 0.15) is 19.3 Å². The van der Waals surface area contributed by atoms with Gasteiger partial charge in [-0.25, -0.2) is 0 Å². The molecule has 1 N–H and O–H groups in total. The molecule has 8 nitrogen and oxygen atoms in total. The van der Waals surface area contributed by atoms with E-state index in [9.17, 15) is 14.4 Å². The van der Waals surface area contributed by atoms with Gasteiger partial charge >= 0.3 is 0 Å². The molecule has 1 aromatic heterocycles. The maximum Gasteiger partial charge on any atom is 0.230 e. The quantitative estimate of drug-likeness (QED) is 0.712. The van der Waals surface area contributed by atoms with E-state index in [0.29, 0.717) is 45.7 Å². The molecule has 1 saturated carbocycles. The minimum Gasteiger partial charge on any atom is -0.380 e. The number of fused-ring (bicyclic) bond motifs is 1. The molecule has 2 saturated heterocycles. The first-order chi connectivity index (χ1) is 12.6. The van der Waals surface area contributed by atoms with Gasteiger partial charge in [0.25, 0.3) is 0 Å². The first-order valence-corrected chi connectivity index (χ1v) is 9.22. The summed E-state index contributed by atoms with van der Waals surface area (Å²) in [5.41, 5.74) is -0.644. The minimum atomic E-state index is -0.644. The number of nitrogens with one attached hydrogen (secondary N) is 1. The average molecular weight is 360 g/mol. The molecule has 0 spiro atoms. The van der Waals surface area contributed by atoms with Gasteiger partial charge in [-0.1, -0.05) is 0 Å². The number of ketones is 1. The van der Waals surface area contributed by atoms with E-state index in [1.165, 1.54) is 0 Å². The van der Waals surface area contributed by atoms with Gasteiger partial charge in [-0.2, -0.15) is 5.10 Å². The van der Waals surface area contributed by atoms with Crippen molar-refractivity contribution in [2.24, 2.45) is 17.3 Å². The molecule has 26 heavy (non-hydrogen) atoms. The van der Waals surface area contributed by atoms with Gasteiger partial charge in [0.05, 0.1) is 24.5 Å². The molecule has 1 aromatic rings. The number of ether oxygens (including phenoxy) is 1. The zero-order valence-corrected chi connectivity index (χ0v) is 14.7. The fourth-order valence-corrected chi connectivity index (χ4v) is 4.20. The molecule has 2 atom stereocenters. The number of carbonyl (C=O) groups excluding carboxylic acids is 3. The van der Waals surface area contributed by atoms with Crippen molar-refractivity contribution in [1.29, 1.82) is 0 Å². The van der Waals surface area contributed by atoms with Crippen LogP contribution in [0.3, 0.4) is 0 Å². The summed E-state index contributed by atoms with van der Waals surface area (Å²) in [6, 6.07) is 1.87. The van der Waals surface area contributed by atoms with Crippen molar-refractivity contribution in [3.63, 3.8) is 0 Å². The Bertz CT molecular complexity index is 696. The van der Waals surface area contributed by atoms with Crippen molar-refractivity contribution in [1.82, 2.24) is 20.0 Å². The minimum absolute atomic E-state index is 0.0184. The van der Waals surface area contributed by atoms with Gasteiger partial charge in [0, 0.05) is 57.3 Å². The van der Waals surface area contributed by atoms with E-state index in [1.54, 1.807) is 11.1 Å². The molecule has 140 valence electrons. The number of hydrogen-bond acceptors (Lipinski definition) is 5. The van der Waals surface area contributed by atoms with Crippen LogP contribution in [0.2, 0.25) is 0 Å². The van der Waals surface area contributed by atoms with Gasteiger partial charge in [0.2, 0.25) is 11.8 Å². The topological polar surface area (TPSA) is 93.5 Å². The lowest BCUT2D eigenvalue weighted by Crippen LogP contribution is -2.48. The lowest BCUT2D eigenvalue weighted by atomic mass is 9.80. The molecule has 0 aromatic carbocycles. The number of nitrogens with zero attached hydrogens (tertiary/aromatic N) is 3. The molecule has 8 heteroatoms. The normalized spacial score (nSPS) is 28.1. The van der Waals surface area contributed by atoms with E-state index in [-0.39, 0.29) is 29.4 Å². The maximum absolute atomic E-state index is 12.9. The maximum atomic E-state index is 12.9. The highest BCUT2D eigenvalue weighted by molar-refractivity contribution is 5.96. The van der Waals surface area contributed by atoms with Crippen LogP contribution in [0, 0.1) is 17.3 Å². The molecule has 3 fully saturated rings. The number of amides is 2. The molecule has 0 unspecified atom stereocenters. The molecule has 3 aliphatic rings. The summed E-state index contributed by atoms with van der Waals surface area (Å²) < 4.78 is 7.42. The van der Waals surface area contributed by atoms with Crippen molar-refractivity contribution in [3.8, 4) is 0 Å². The van der Waals surface area contributed by atoms with Gasteiger partial charge in [0.15, 0.2) is 0 Å². The largest absolute Gasteiger partial charge is 0.380 e. The van der Waals surface area contributed by atoms with Crippen LogP contribution in [0.25, 0.3) is 0 Å².